The molecule has 3 aromatic rings. The van der Waals surface area contributed by atoms with E-state index in [0.29, 0.717) is 6.42 Å². The monoisotopic (exact) mass is 404 g/mol. The summed E-state index contributed by atoms with van der Waals surface area (Å²) in [6, 6.07) is 9.74. The fourth-order valence-corrected chi connectivity index (χ4v) is 4.66. The van der Waals surface area contributed by atoms with Gasteiger partial charge in [0.25, 0.3) is 0 Å². The Morgan fingerprint density at radius 1 is 0.967 bits per heavy atom. The van der Waals surface area contributed by atoms with E-state index in [1.165, 1.54) is 0 Å². The molecule has 7 nitrogen and oxygen atoms in total. The minimum absolute atomic E-state index is 0.259. The van der Waals surface area contributed by atoms with Gasteiger partial charge in [-0.2, -0.15) is 5.10 Å². The molecule has 5 rings (SSSR count). The molecule has 3 N–H and O–H groups in total. The molecule has 30 heavy (non-hydrogen) atoms. The number of hydrogen-bond acceptors (Lipinski definition) is 6. The van der Waals surface area contributed by atoms with Gasteiger partial charge in [0.2, 0.25) is 0 Å². The maximum atomic E-state index is 10.6. The summed E-state index contributed by atoms with van der Waals surface area (Å²) < 4.78 is 1.81. The van der Waals surface area contributed by atoms with Crippen molar-refractivity contribution < 1.29 is 15.4 Å². The van der Waals surface area contributed by atoms with Crippen LogP contribution in [-0.4, -0.2) is 48.1 Å². The highest BCUT2D eigenvalue weighted by Gasteiger charge is 2.33. The smallest absolute Gasteiger partial charge is 0.102 e. The molecule has 0 bridgehead atoms. The molecule has 2 aliphatic carbocycles. The standard InChI is InChI=1S/C23H24N4O3/c28-21-3-1-2-20(23(21)29)27-13-18(22(25-27)14-8-10-24-11-9-14)16-4-6-17-15(12-16)5-7-19(17)26-30/h4,6,8-13,20-21,23,28-30H,1-3,5,7H2/b26-19+/t20?,21-,23+/m0/s1. The van der Waals surface area contributed by atoms with E-state index in [9.17, 15) is 15.4 Å². The van der Waals surface area contributed by atoms with Crippen molar-refractivity contribution in [1.82, 2.24) is 14.8 Å². The van der Waals surface area contributed by atoms with Crippen LogP contribution >= 0.6 is 0 Å². The molecule has 2 aromatic heterocycles. The van der Waals surface area contributed by atoms with E-state index in [2.05, 4.69) is 16.2 Å². The van der Waals surface area contributed by atoms with Gasteiger partial charge in [-0.1, -0.05) is 23.4 Å². The maximum Gasteiger partial charge on any atom is 0.102 e. The van der Waals surface area contributed by atoms with Crippen LogP contribution in [0.1, 0.15) is 42.9 Å². The van der Waals surface area contributed by atoms with E-state index in [0.717, 1.165) is 64.9 Å². The number of benzene rings is 1. The molecule has 154 valence electrons. The Balaban J connectivity index is 1.61. The second-order valence-corrected chi connectivity index (χ2v) is 8.08. The van der Waals surface area contributed by atoms with Gasteiger partial charge in [0.15, 0.2) is 0 Å². The summed E-state index contributed by atoms with van der Waals surface area (Å²) in [5, 5.41) is 38.2. The Bertz CT molecular complexity index is 1090. The number of fused-ring (bicyclic) bond motifs is 1. The van der Waals surface area contributed by atoms with Crippen molar-refractivity contribution in [3.63, 3.8) is 0 Å². The van der Waals surface area contributed by atoms with Crippen molar-refractivity contribution in [3.05, 3.63) is 60.0 Å². The first-order valence-corrected chi connectivity index (χ1v) is 10.4. The van der Waals surface area contributed by atoms with Gasteiger partial charge in [-0.05, 0) is 55.4 Å². The van der Waals surface area contributed by atoms with E-state index < -0.39 is 12.2 Å². The summed E-state index contributed by atoms with van der Waals surface area (Å²) in [6.07, 6.45) is 7.71. The van der Waals surface area contributed by atoms with Gasteiger partial charge in [-0.25, -0.2) is 0 Å². The Morgan fingerprint density at radius 3 is 2.60 bits per heavy atom. The molecular weight excluding hydrogens is 380 g/mol. The average molecular weight is 404 g/mol. The summed E-state index contributed by atoms with van der Waals surface area (Å²) in [5.41, 5.74) is 6.62. The summed E-state index contributed by atoms with van der Waals surface area (Å²) in [6.45, 7) is 0. The minimum Gasteiger partial charge on any atom is -0.411 e. The quantitative estimate of drug-likeness (QED) is 0.459. The maximum absolute atomic E-state index is 10.6. The zero-order valence-electron chi connectivity index (χ0n) is 16.5. The fourth-order valence-electron chi connectivity index (χ4n) is 4.66. The first kappa shape index (κ1) is 19.0. The molecule has 1 fully saturated rings. The molecule has 7 heteroatoms. The summed E-state index contributed by atoms with van der Waals surface area (Å²) in [5.74, 6) is 0. The van der Waals surface area contributed by atoms with Gasteiger partial charge in [0.1, 0.15) is 11.8 Å². The number of rotatable bonds is 3. The molecule has 3 atom stereocenters. The van der Waals surface area contributed by atoms with Crippen LogP contribution < -0.4 is 0 Å². The summed E-state index contributed by atoms with van der Waals surface area (Å²) in [7, 11) is 0. The van der Waals surface area contributed by atoms with Gasteiger partial charge in [0, 0.05) is 35.3 Å². The molecule has 0 saturated heterocycles. The lowest BCUT2D eigenvalue weighted by molar-refractivity contribution is -0.0425. The first-order chi connectivity index (χ1) is 14.7. The topological polar surface area (TPSA) is 104 Å². The largest absolute Gasteiger partial charge is 0.411 e. The van der Waals surface area contributed by atoms with Crippen LogP contribution in [0, 0.1) is 0 Å². The Labute approximate surface area is 174 Å². The normalized spacial score (nSPS) is 24.9. The van der Waals surface area contributed by atoms with Crippen molar-refractivity contribution in [2.75, 3.05) is 0 Å². The summed E-state index contributed by atoms with van der Waals surface area (Å²) in [4.78, 5) is 4.11. The van der Waals surface area contributed by atoms with Crippen LogP contribution in [-0.2, 0) is 6.42 Å². The number of aliphatic hydroxyl groups is 2. The Kier molecular flexibility index (Phi) is 4.84. The van der Waals surface area contributed by atoms with Crippen molar-refractivity contribution in [3.8, 4) is 22.4 Å². The third-order valence-electron chi connectivity index (χ3n) is 6.29. The van der Waals surface area contributed by atoms with Crippen LogP contribution in [0.3, 0.4) is 0 Å². The zero-order chi connectivity index (χ0) is 20.7. The van der Waals surface area contributed by atoms with E-state index in [4.69, 9.17) is 5.10 Å². The third kappa shape index (κ3) is 3.20. The van der Waals surface area contributed by atoms with Crippen molar-refractivity contribution in [2.45, 2.75) is 50.4 Å². The van der Waals surface area contributed by atoms with Crippen molar-refractivity contribution in [2.24, 2.45) is 5.16 Å². The number of aromatic nitrogens is 3. The second kappa shape index (κ2) is 7.66. The number of aliphatic hydroxyl groups excluding tert-OH is 2. The predicted octanol–water partition coefficient (Wildman–Crippen LogP) is 3.18. The third-order valence-corrected chi connectivity index (χ3v) is 6.29. The molecule has 0 aliphatic heterocycles. The highest BCUT2D eigenvalue weighted by atomic mass is 16.4. The van der Waals surface area contributed by atoms with Gasteiger partial charge in [0.05, 0.1) is 17.9 Å². The van der Waals surface area contributed by atoms with Crippen LogP contribution in [0.5, 0.6) is 0 Å². The molecule has 0 radical (unpaired) electrons. The van der Waals surface area contributed by atoms with Gasteiger partial charge < -0.3 is 15.4 Å². The highest BCUT2D eigenvalue weighted by molar-refractivity contribution is 6.04. The number of oxime groups is 1. The van der Waals surface area contributed by atoms with Gasteiger partial charge >= 0.3 is 0 Å². The van der Waals surface area contributed by atoms with E-state index >= 15 is 0 Å². The predicted molar refractivity (Wildman–Crippen MR) is 112 cm³/mol. The van der Waals surface area contributed by atoms with Gasteiger partial charge in [-0.3, -0.25) is 9.67 Å². The van der Waals surface area contributed by atoms with Crippen LogP contribution in [0.2, 0.25) is 0 Å². The number of pyridine rings is 1. The van der Waals surface area contributed by atoms with Crippen molar-refractivity contribution in [1.29, 1.82) is 0 Å². The van der Waals surface area contributed by atoms with Crippen LogP contribution in [0.25, 0.3) is 22.4 Å². The van der Waals surface area contributed by atoms with Crippen LogP contribution in [0.4, 0.5) is 0 Å². The fraction of sp³-hybridized carbons (Fsp3) is 0.348. The Hall–Kier alpha value is -3.03. The molecule has 0 spiro atoms. The molecule has 2 aliphatic rings. The first-order valence-electron chi connectivity index (χ1n) is 10.4. The van der Waals surface area contributed by atoms with Crippen molar-refractivity contribution >= 4 is 5.71 Å². The lowest BCUT2D eigenvalue weighted by Crippen LogP contribution is -2.38. The lowest BCUT2D eigenvalue weighted by Gasteiger charge is -2.31. The molecule has 1 saturated carbocycles. The number of nitrogens with zero attached hydrogens (tertiary/aromatic N) is 4. The molecular formula is C23H24N4O3. The molecule has 0 amide bonds. The number of hydrogen-bond donors (Lipinski definition) is 3. The zero-order valence-corrected chi connectivity index (χ0v) is 16.5. The average Bonchev–Trinajstić information content (AvgIpc) is 3.40. The highest BCUT2D eigenvalue weighted by Crippen LogP contribution is 2.37. The number of aryl methyl sites for hydroxylation is 1. The molecule has 2 heterocycles. The lowest BCUT2D eigenvalue weighted by atomic mass is 9.90. The van der Waals surface area contributed by atoms with E-state index in [1.54, 1.807) is 12.4 Å². The van der Waals surface area contributed by atoms with Crippen LogP contribution in [0.15, 0.2) is 54.1 Å². The molecule has 1 unspecified atom stereocenters. The van der Waals surface area contributed by atoms with E-state index in [-0.39, 0.29) is 6.04 Å². The molecule has 1 aromatic carbocycles. The SMILES string of the molecule is O/N=C1\CCc2cc(-c3cn(C4CCC[C@H](O)[C@@H]4O)nc3-c3ccncc3)ccc21. The summed E-state index contributed by atoms with van der Waals surface area (Å²) >= 11 is 0. The minimum atomic E-state index is -0.833. The second-order valence-electron chi connectivity index (χ2n) is 8.08. The Morgan fingerprint density at radius 2 is 1.80 bits per heavy atom. The van der Waals surface area contributed by atoms with E-state index in [1.807, 2.05) is 35.1 Å². The van der Waals surface area contributed by atoms with Gasteiger partial charge in [-0.15, -0.1) is 0 Å².